The minimum Gasteiger partial charge on any atom is -0.228 e. The molecule has 18 heavy (non-hydrogen) atoms. The van der Waals surface area contributed by atoms with E-state index in [4.69, 9.17) is 11.6 Å². The summed E-state index contributed by atoms with van der Waals surface area (Å²) >= 11 is 5.64. The Kier molecular flexibility index (Phi) is 5.89. The maximum absolute atomic E-state index is 12.1. The van der Waals surface area contributed by atoms with Gasteiger partial charge in [0.25, 0.3) is 0 Å². The van der Waals surface area contributed by atoms with E-state index in [1.807, 2.05) is 0 Å². The molecule has 1 fully saturated rings. The molecule has 0 aromatic rings. The molecule has 0 N–H and O–H groups in total. The van der Waals surface area contributed by atoms with E-state index in [9.17, 15) is 16.8 Å². The van der Waals surface area contributed by atoms with Gasteiger partial charge in [-0.2, -0.15) is 4.31 Å². The molecule has 0 saturated heterocycles. The van der Waals surface area contributed by atoms with Gasteiger partial charge < -0.3 is 0 Å². The van der Waals surface area contributed by atoms with Crippen LogP contribution in [-0.4, -0.2) is 50.9 Å². The zero-order chi connectivity index (χ0) is 13.8. The van der Waals surface area contributed by atoms with Gasteiger partial charge in [0, 0.05) is 24.7 Å². The first kappa shape index (κ1) is 16.2. The SMILES string of the molecule is CS(=O)(=O)CS(=O)(=O)N(CCCl)C1CCCCC1. The van der Waals surface area contributed by atoms with Crippen LogP contribution in [0.2, 0.25) is 0 Å². The normalized spacial score (nSPS) is 19.3. The Morgan fingerprint density at radius 2 is 1.67 bits per heavy atom. The van der Waals surface area contributed by atoms with E-state index in [0.717, 1.165) is 38.4 Å². The summed E-state index contributed by atoms with van der Waals surface area (Å²) in [6.07, 6.45) is 5.59. The summed E-state index contributed by atoms with van der Waals surface area (Å²) < 4.78 is 47.9. The fourth-order valence-electron chi connectivity index (χ4n) is 2.34. The first-order valence-electron chi connectivity index (χ1n) is 5.99. The zero-order valence-electron chi connectivity index (χ0n) is 10.5. The summed E-state index contributed by atoms with van der Waals surface area (Å²) in [7, 11) is -7.34. The van der Waals surface area contributed by atoms with E-state index in [0.29, 0.717) is 0 Å². The Balaban J connectivity index is 2.89. The van der Waals surface area contributed by atoms with Crippen LogP contribution in [0.25, 0.3) is 0 Å². The molecule has 1 rings (SSSR count). The second-order valence-corrected chi connectivity index (χ2v) is 9.55. The highest BCUT2D eigenvalue weighted by atomic mass is 35.5. The molecule has 1 aliphatic carbocycles. The van der Waals surface area contributed by atoms with Crippen LogP contribution in [0, 0.1) is 0 Å². The summed E-state index contributed by atoms with van der Waals surface area (Å²) in [5.74, 6) is 0.180. The molecule has 108 valence electrons. The lowest BCUT2D eigenvalue weighted by Gasteiger charge is -2.32. The van der Waals surface area contributed by atoms with Crippen molar-refractivity contribution in [3.63, 3.8) is 0 Å². The third kappa shape index (κ3) is 5.03. The van der Waals surface area contributed by atoms with Crippen LogP contribution < -0.4 is 0 Å². The first-order chi connectivity index (χ1) is 8.26. The van der Waals surface area contributed by atoms with Crippen molar-refractivity contribution in [2.24, 2.45) is 0 Å². The molecule has 0 amide bonds. The highest BCUT2D eigenvalue weighted by Crippen LogP contribution is 2.25. The third-order valence-corrected chi connectivity index (χ3v) is 7.28. The van der Waals surface area contributed by atoms with E-state index < -0.39 is 24.9 Å². The highest BCUT2D eigenvalue weighted by Gasteiger charge is 2.32. The minimum absolute atomic E-state index is 0.0933. The molecule has 0 aliphatic heterocycles. The number of alkyl halides is 1. The van der Waals surface area contributed by atoms with Crippen LogP contribution in [0.4, 0.5) is 0 Å². The number of sulfone groups is 1. The maximum atomic E-state index is 12.1. The van der Waals surface area contributed by atoms with E-state index in [-0.39, 0.29) is 18.5 Å². The number of nitrogens with zero attached hydrogens (tertiary/aromatic N) is 1. The molecule has 1 saturated carbocycles. The van der Waals surface area contributed by atoms with Gasteiger partial charge in [-0.25, -0.2) is 16.8 Å². The number of halogens is 1. The predicted molar refractivity (Wildman–Crippen MR) is 72.9 cm³/mol. The summed E-state index contributed by atoms with van der Waals surface area (Å²) in [6, 6.07) is -0.0933. The first-order valence-corrected chi connectivity index (χ1v) is 10.2. The lowest BCUT2D eigenvalue weighted by atomic mass is 9.95. The van der Waals surface area contributed by atoms with Crippen LogP contribution >= 0.6 is 11.6 Å². The monoisotopic (exact) mass is 317 g/mol. The lowest BCUT2D eigenvalue weighted by Crippen LogP contribution is -2.44. The number of hydrogen-bond donors (Lipinski definition) is 0. The van der Waals surface area contributed by atoms with Gasteiger partial charge >= 0.3 is 0 Å². The van der Waals surface area contributed by atoms with Gasteiger partial charge in [-0.3, -0.25) is 0 Å². The van der Waals surface area contributed by atoms with E-state index in [2.05, 4.69) is 0 Å². The Morgan fingerprint density at radius 1 is 1.11 bits per heavy atom. The molecule has 0 unspecified atom stereocenters. The maximum Gasteiger partial charge on any atom is 0.228 e. The average Bonchev–Trinajstić information content (AvgIpc) is 2.23. The minimum atomic E-state index is -3.78. The molecule has 0 atom stereocenters. The topological polar surface area (TPSA) is 71.5 Å². The molecular formula is C10H20ClNO4S2. The molecule has 0 spiro atoms. The van der Waals surface area contributed by atoms with Gasteiger partial charge in [0.15, 0.2) is 14.9 Å². The van der Waals surface area contributed by atoms with Crippen molar-refractivity contribution in [1.82, 2.24) is 4.31 Å². The van der Waals surface area contributed by atoms with Crippen molar-refractivity contribution in [3.8, 4) is 0 Å². The Labute approximate surface area is 114 Å². The smallest absolute Gasteiger partial charge is 0.228 e. The van der Waals surface area contributed by atoms with Crippen LogP contribution in [0.15, 0.2) is 0 Å². The van der Waals surface area contributed by atoms with Crippen molar-refractivity contribution >= 4 is 31.5 Å². The largest absolute Gasteiger partial charge is 0.228 e. The van der Waals surface area contributed by atoms with E-state index >= 15 is 0 Å². The summed E-state index contributed by atoms with van der Waals surface area (Å²) in [5.41, 5.74) is 0. The van der Waals surface area contributed by atoms with Gasteiger partial charge in [0.1, 0.15) is 0 Å². The molecule has 0 aromatic carbocycles. The molecule has 5 nitrogen and oxygen atoms in total. The summed E-state index contributed by atoms with van der Waals surface area (Å²) in [6.45, 7) is 0.185. The third-order valence-electron chi connectivity index (χ3n) is 3.01. The fourth-order valence-corrected chi connectivity index (χ4v) is 6.36. The second-order valence-electron chi connectivity index (χ2n) is 4.75. The molecule has 0 heterocycles. The standard InChI is InChI=1S/C10H20ClNO4S2/c1-17(13,14)9-18(15,16)12(8-7-11)10-5-3-2-4-6-10/h10H,2-9H2,1H3. The van der Waals surface area contributed by atoms with Gasteiger partial charge in [-0.15, -0.1) is 11.6 Å². The van der Waals surface area contributed by atoms with Gasteiger partial charge in [0.2, 0.25) is 10.0 Å². The van der Waals surface area contributed by atoms with Crippen molar-refractivity contribution in [1.29, 1.82) is 0 Å². The average molecular weight is 318 g/mol. The van der Waals surface area contributed by atoms with Crippen molar-refractivity contribution in [2.45, 2.75) is 38.1 Å². The van der Waals surface area contributed by atoms with Crippen LogP contribution in [0.1, 0.15) is 32.1 Å². The van der Waals surface area contributed by atoms with E-state index in [1.165, 1.54) is 4.31 Å². The molecule has 0 aromatic heterocycles. The molecule has 8 heteroatoms. The fraction of sp³-hybridized carbons (Fsp3) is 1.00. The van der Waals surface area contributed by atoms with Crippen molar-refractivity contribution in [2.75, 3.05) is 23.8 Å². The van der Waals surface area contributed by atoms with E-state index in [1.54, 1.807) is 0 Å². The number of rotatable bonds is 6. The second kappa shape index (κ2) is 6.54. The Hall–Kier alpha value is 0.150. The van der Waals surface area contributed by atoms with Gasteiger partial charge in [-0.05, 0) is 12.8 Å². The lowest BCUT2D eigenvalue weighted by molar-refractivity contribution is 0.263. The summed E-state index contributed by atoms with van der Waals surface area (Å²) in [5, 5.41) is -0.826. The number of sulfonamides is 1. The molecule has 0 bridgehead atoms. The summed E-state index contributed by atoms with van der Waals surface area (Å²) in [4.78, 5) is 0. The van der Waals surface area contributed by atoms with Crippen molar-refractivity contribution in [3.05, 3.63) is 0 Å². The van der Waals surface area contributed by atoms with Crippen LogP contribution in [0.5, 0.6) is 0 Å². The molecule has 0 radical (unpaired) electrons. The van der Waals surface area contributed by atoms with Crippen molar-refractivity contribution < 1.29 is 16.8 Å². The highest BCUT2D eigenvalue weighted by molar-refractivity contribution is 8.06. The zero-order valence-corrected chi connectivity index (χ0v) is 12.9. The molecule has 1 aliphatic rings. The van der Waals surface area contributed by atoms with Gasteiger partial charge in [-0.1, -0.05) is 19.3 Å². The number of hydrogen-bond acceptors (Lipinski definition) is 4. The Morgan fingerprint density at radius 3 is 2.11 bits per heavy atom. The van der Waals surface area contributed by atoms with Crippen LogP contribution in [-0.2, 0) is 19.9 Å². The predicted octanol–water partition coefficient (Wildman–Crippen LogP) is 1.19. The Bertz CT molecular complexity index is 454. The van der Waals surface area contributed by atoms with Gasteiger partial charge in [0.05, 0.1) is 0 Å². The quantitative estimate of drug-likeness (QED) is 0.690. The molecular weight excluding hydrogens is 298 g/mol. The van der Waals surface area contributed by atoms with Crippen LogP contribution in [0.3, 0.4) is 0 Å².